The third-order valence-corrected chi connectivity index (χ3v) is 18.4. The highest BCUT2D eigenvalue weighted by molar-refractivity contribution is 9.10. The fourth-order valence-corrected chi connectivity index (χ4v) is 16.5. The summed E-state index contributed by atoms with van der Waals surface area (Å²) in [7, 11) is -2.83. The Morgan fingerprint density at radius 1 is 0.390 bits per heavy atom. The number of fused-ring (bicyclic) bond motifs is 4. The van der Waals surface area contributed by atoms with Crippen molar-refractivity contribution in [2.75, 3.05) is 4.90 Å². The van der Waals surface area contributed by atoms with Crippen molar-refractivity contribution in [3.05, 3.63) is 208 Å². The van der Waals surface area contributed by atoms with Gasteiger partial charge in [0.2, 0.25) is 13.4 Å². The fraction of sp³-hybridized carbons (Fsp3) is 0.111. The van der Waals surface area contributed by atoms with Gasteiger partial charge in [0.15, 0.2) is 8.07 Å². The van der Waals surface area contributed by atoms with Gasteiger partial charge in [0, 0.05) is 21.5 Å². The lowest BCUT2D eigenvalue weighted by Gasteiger charge is -2.45. The van der Waals surface area contributed by atoms with Crippen molar-refractivity contribution >= 4 is 108 Å². The molecular formula is C54H46B2BrNSi. The van der Waals surface area contributed by atoms with E-state index in [2.05, 4.69) is 232 Å². The number of hydrogen-bond acceptors (Lipinski definition) is 1. The zero-order chi connectivity index (χ0) is 40.6. The third-order valence-electron chi connectivity index (χ3n) is 13.2. The summed E-state index contributed by atoms with van der Waals surface area (Å²) in [4.78, 5) is 2.62. The molecule has 0 saturated heterocycles. The Morgan fingerprint density at radius 2 is 0.797 bits per heavy atom. The van der Waals surface area contributed by atoms with Crippen LogP contribution in [-0.2, 0) is 0 Å². The van der Waals surface area contributed by atoms with E-state index in [0.29, 0.717) is 0 Å². The molecule has 2 heterocycles. The van der Waals surface area contributed by atoms with Gasteiger partial charge in [-0.3, -0.25) is 0 Å². The summed E-state index contributed by atoms with van der Waals surface area (Å²) >= 11 is 4.13. The van der Waals surface area contributed by atoms with Gasteiger partial charge in [-0.05, 0) is 96.3 Å². The Bertz CT molecular complexity index is 2790. The molecule has 0 bridgehead atoms. The van der Waals surface area contributed by atoms with Crippen molar-refractivity contribution in [3.8, 4) is 0 Å². The number of aryl methyl sites for hydroxylation is 6. The van der Waals surface area contributed by atoms with Crippen LogP contribution < -0.4 is 58.4 Å². The van der Waals surface area contributed by atoms with Gasteiger partial charge < -0.3 is 4.90 Å². The van der Waals surface area contributed by atoms with E-state index < -0.39 is 8.07 Å². The molecule has 8 aromatic carbocycles. The average Bonchev–Trinajstić information content (AvgIpc) is 3.23. The van der Waals surface area contributed by atoms with Crippen LogP contribution in [0.15, 0.2) is 174 Å². The second kappa shape index (κ2) is 14.6. The molecule has 0 radical (unpaired) electrons. The molecule has 0 fully saturated rings. The van der Waals surface area contributed by atoms with E-state index in [9.17, 15) is 0 Å². The first-order valence-electron chi connectivity index (χ1n) is 20.9. The van der Waals surface area contributed by atoms with Crippen LogP contribution in [0.2, 0.25) is 0 Å². The van der Waals surface area contributed by atoms with Gasteiger partial charge in [0.1, 0.15) is 0 Å². The first kappa shape index (κ1) is 37.6. The second-order valence-electron chi connectivity index (χ2n) is 16.9. The Labute approximate surface area is 360 Å². The van der Waals surface area contributed by atoms with E-state index >= 15 is 0 Å². The highest BCUT2D eigenvalue weighted by atomic mass is 79.9. The smallest absolute Gasteiger partial charge is 0.247 e. The Balaban J connectivity index is 1.34. The van der Waals surface area contributed by atoms with Crippen molar-refractivity contribution in [1.82, 2.24) is 0 Å². The maximum absolute atomic E-state index is 4.13. The number of benzene rings is 8. The van der Waals surface area contributed by atoms with Crippen molar-refractivity contribution in [1.29, 1.82) is 0 Å². The quantitative estimate of drug-likeness (QED) is 0.132. The highest BCUT2D eigenvalue weighted by Gasteiger charge is 2.47. The molecule has 284 valence electrons. The lowest BCUT2D eigenvalue weighted by Crippen LogP contribution is -2.75. The summed E-state index contributed by atoms with van der Waals surface area (Å²) in [6.45, 7) is 13.8. The van der Waals surface area contributed by atoms with Gasteiger partial charge in [-0.15, -0.1) is 0 Å². The predicted octanol–water partition coefficient (Wildman–Crippen LogP) is 6.81. The number of hydrogen-bond donors (Lipinski definition) is 0. The number of rotatable bonds is 6. The van der Waals surface area contributed by atoms with Gasteiger partial charge >= 0.3 is 0 Å². The first-order valence-corrected chi connectivity index (χ1v) is 23.6. The van der Waals surface area contributed by atoms with Gasteiger partial charge in [-0.2, -0.15) is 0 Å². The molecule has 0 spiro atoms. The number of nitrogens with zero attached hydrogens (tertiary/aromatic N) is 1. The second-order valence-corrected chi connectivity index (χ2v) is 21.7. The minimum atomic E-state index is -2.83. The fourth-order valence-electron chi connectivity index (χ4n) is 11.2. The summed E-state index contributed by atoms with van der Waals surface area (Å²) in [5.41, 5.74) is 20.0. The van der Waals surface area contributed by atoms with E-state index in [1.807, 2.05) is 0 Å². The average molecular weight is 839 g/mol. The van der Waals surface area contributed by atoms with Crippen molar-refractivity contribution < 1.29 is 0 Å². The molecule has 2 aliphatic rings. The van der Waals surface area contributed by atoms with Crippen molar-refractivity contribution in [3.63, 3.8) is 0 Å². The molecule has 0 saturated carbocycles. The predicted molar refractivity (Wildman–Crippen MR) is 263 cm³/mol. The van der Waals surface area contributed by atoms with Crippen LogP contribution in [0.1, 0.15) is 33.4 Å². The number of halogens is 1. The molecule has 0 N–H and O–H groups in total. The minimum Gasteiger partial charge on any atom is -0.313 e. The number of para-hydroxylation sites is 1. The maximum Gasteiger partial charge on any atom is 0.247 e. The normalized spacial score (nSPS) is 12.9. The van der Waals surface area contributed by atoms with Gasteiger partial charge in [-0.25, -0.2) is 0 Å². The molecule has 10 rings (SSSR count). The maximum atomic E-state index is 4.13. The highest BCUT2D eigenvalue weighted by Crippen LogP contribution is 2.38. The Morgan fingerprint density at radius 3 is 1.27 bits per heavy atom. The van der Waals surface area contributed by atoms with Gasteiger partial charge in [-0.1, -0.05) is 218 Å². The summed E-state index contributed by atoms with van der Waals surface area (Å²) in [6, 6.07) is 65.1. The monoisotopic (exact) mass is 837 g/mol. The van der Waals surface area contributed by atoms with Crippen LogP contribution in [0.4, 0.5) is 17.1 Å². The molecule has 0 unspecified atom stereocenters. The van der Waals surface area contributed by atoms with Gasteiger partial charge in [0.25, 0.3) is 0 Å². The van der Waals surface area contributed by atoms with Gasteiger partial charge in [0.05, 0.1) is 0 Å². The molecule has 8 aromatic rings. The zero-order valence-electron chi connectivity index (χ0n) is 34.6. The van der Waals surface area contributed by atoms with Crippen LogP contribution in [0, 0.1) is 41.5 Å². The summed E-state index contributed by atoms with van der Waals surface area (Å²) in [6.07, 6.45) is 0. The summed E-state index contributed by atoms with van der Waals surface area (Å²) in [5.74, 6) is 0. The zero-order valence-corrected chi connectivity index (χ0v) is 37.2. The lowest BCUT2D eigenvalue weighted by molar-refractivity contribution is 1.29. The van der Waals surface area contributed by atoms with Crippen LogP contribution >= 0.6 is 15.9 Å². The van der Waals surface area contributed by atoms with E-state index in [-0.39, 0.29) is 13.4 Å². The summed E-state index contributed by atoms with van der Waals surface area (Å²) < 4.78 is 1.12. The first-order chi connectivity index (χ1) is 28.7. The van der Waals surface area contributed by atoms with Crippen LogP contribution in [0.3, 0.4) is 0 Å². The topological polar surface area (TPSA) is 3.24 Å². The van der Waals surface area contributed by atoms with E-state index in [1.165, 1.54) is 104 Å². The van der Waals surface area contributed by atoms with Crippen molar-refractivity contribution in [2.45, 2.75) is 41.5 Å². The van der Waals surface area contributed by atoms with Crippen LogP contribution in [-0.4, -0.2) is 21.5 Å². The summed E-state index contributed by atoms with van der Waals surface area (Å²) in [5, 5.41) is 5.54. The third kappa shape index (κ3) is 5.88. The molecule has 1 nitrogen and oxygen atoms in total. The molecular weight excluding hydrogens is 792 g/mol. The molecule has 0 amide bonds. The van der Waals surface area contributed by atoms with E-state index in [4.69, 9.17) is 0 Å². The SMILES string of the molecule is Cc1cc(C)c(B2c3ccccc3N3c4ccc([Si](c5ccccc5)(c5ccccc5)c5ccccc5)cc4B(c4c(C)cc(C)cc4C)c4cc(Br)cc2c43)c(C)c1. The van der Waals surface area contributed by atoms with E-state index in [0.717, 1.165) is 4.47 Å². The Kier molecular flexibility index (Phi) is 9.31. The Hall–Kier alpha value is -5.61. The molecule has 0 aliphatic carbocycles. The minimum absolute atomic E-state index is 0.00759. The number of anilines is 3. The van der Waals surface area contributed by atoms with Crippen molar-refractivity contribution in [2.24, 2.45) is 0 Å². The lowest BCUT2D eigenvalue weighted by atomic mass is 9.29. The van der Waals surface area contributed by atoms with Crippen LogP contribution in [0.25, 0.3) is 0 Å². The molecule has 0 atom stereocenters. The molecule has 0 aromatic heterocycles. The molecule has 5 heteroatoms. The molecule has 2 aliphatic heterocycles. The molecule has 59 heavy (non-hydrogen) atoms. The largest absolute Gasteiger partial charge is 0.313 e. The standard InChI is InChI=1S/C54H46B2BrNSi/c1-35-28-37(3)52(38(4)29-35)55-46-24-16-17-25-50(46)58-51-27-26-45(59(42-18-10-7-11-19-42,43-20-12-8-13-21-43)44-22-14-9-15-23-44)34-47(51)56(49-33-41(57)32-48(55)54(49)58)53-39(5)30-36(2)31-40(53)6/h7-34H,1-6H3. The van der Waals surface area contributed by atoms with Crippen LogP contribution in [0.5, 0.6) is 0 Å². The van der Waals surface area contributed by atoms with E-state index in [1.54, 1.807) is 0 Å².